The number of nitrogens with zero attached hydrogens (tertiary/aromatic N) is 1. The average molecular weight is 270 g/mol. The molecule has 1 fully saturated rings. The Morgan fingerprint density at radius 3 is 2.31 bits per heavy atom. The number of nitrogens with one attached hydrogen (secondary N) is 1. The van der Waals surface area contributed by atoms with Gasteiger partial charge in [-0.1, -0.05) is 6.42 Å². The fourth-order valence-corrected chi connectivity index (χ4v) is 3.54. The molecular formula is C8H18N2O4S2. The van der Waals surface area contributed by atoms with Gasteiger partial charge in [-0.05, 0) is 12.8 Å². The van der Waals surface area contributed by atoms with Crippen molar-refractivity contribution in [3.05, 3.63) is 0 Å². The molecule has 0 radical (unpaired) electrons. The monoisotopic (exact) mass is 270 g/mol. The van der Waals surface area contributed by atoms with Gasteiger partial charge in [0.15, 0.2) is 0 Å². The average Bonchev–Trinajstić information content (AvgIpc) is 2.12. The van der Waals surface area contributed by atoms with Gasteiger partial charge in [-0.15, -0.1) is 0 Å². The van der Waals surface area contributed by atoms with Crippen molar-refractivity contribution in [2.24, 2.45) is 0 Å². The third-order valence-corrected chi connectivity index (χ3v) is 4.60. The van der Waals surface area contributed by atoms with Gasteiger partial charge < -0.3 is 0 Å². The SMILES string of the molecule is CS(=O)(=O)NCC1CCCCN1S(C)(=O)=O. The maximum Gasteiger partial charge on any atom is 0.211 e. The third-order valence-electron chi connectivity index (χ3n) is 2.58. The van der Waals surface area contributed by atoms with E-state index in [9.17, 15) is 16.8 Å². The zero-order valence-corrected chi connectivity index (χ0v) is 11.1. The van der Waals surface area contributed by atoms with Crippen LogP contribution in [0.4, 0.5) is 0 Å². The molecule has 1 unspecified atom stereocenters. The van der Waals surface area contributed by atoms with Crippen molar-refractivity contribution in [3.63, 3.8) is 0 Å². The number of sulfonamides is 2. The van der Waals surface area contributed by atoms with Gasteiger partial charge in [0.2, 0.25) is 20.0 Å². The predicted octanol–water partition coefficient (Wildman–Crippen LogP) is -0.650. The van der Waals surface area contributed by atoms with Crippen LogP contribution in [0.25, 0.3) is 0 Å². The van der Waals surface area contributed by atoms with Gasteiger partial charge in [0.1, 0.15) is 0 Å². The van der Waals surface area contributed by atoms with Crippen molar-refractivity contribution in [3.8, 4) is 0 Å². The summed E-state index contributed by atoms with van der Waals surface area (Å²) < 4.78 is 48.6. The first-order chi connectivity index (χ1) is 7.20. The lowest BCUT2D eigenvalue weighted by molar-refractivity contribution is 0.254. The van der Waals surface area contributed by atoms with E-state index >= 15 is 0 Å². The molecule has 1 N–H and O–H groups in total. The minimum Gasteiger partial charge on any atom is -0.214 e. The van der Waals surface area contributed by atoms with Crippen molar-refractivity contribution in [2.75, 3.05) is 25.6 Å². The highest BCUT2D eigenvalue weighted by atomic mass is 32.2. The number of piperidine rings is 1. The summed E-state index contributed by atoms with van der Waals surface area (Å²) in [4.78, 5) is 0. The lowest BCUT2D eigenvalue weighted by atomic mass is 10.1. The van der Waals surface area contributed by atoms with E-state index in [1.165, 1.54) is 4.31 Å². The molecule has 0 aliphatic carbocycles. The summed E-state index contributed by atoms with van der Waals surface area (Å²) in [5, 5.41) is 0. The highest BCUT2D eigenvalue weighted by molar-refractivity contribution is 7.89. The van der Waals surface area contributed by atoms with Gasteiger partial charge in [-0.25, -0.2) is 21.6 Å². The minimum atomic E-state index is -3.26. The summed E-state index contributed by atoms with van der Waals surface area (Å²) in [6.07, 6.45) is 4.70. The van der Waals surface area contributed by atoms with Crippen molar-refractivity contribution in [1.82, 2.24) is 9.03 Å². The van der Waals surface area contributed by atoms with Crippen molar-refractivity contribution in [2.45, 2.75) is 25.3 Å². The number of rotatable bonds is 4. The fraction of sp³-hybridized carbons (Fsp3) is 1.00. The third kappa shape index (κ3) is 4.36. The highest BCUT2D eigenvalue weighted by Gasteiger charge is 2.29. The van der Waals surface area contributed by atoms with Crippen LogP contribution in [-0.2, 0) is 20.0 Å². The Labute approximate surface area is 97.1 Å². The molecule has 1 rings (SSSR count). The van der Waals surface area contributed by atoms with Crippen molar-refractivity contribution in [1.29, 1.82) is 0 Å². The zero-order valence-electron chi connectivity index (χ0n) is 9.51. The maximum absolute atomic E-state index is 11.5. The minimum absolute atomic E-state index is 0.159. The van der Waals surface area contributed by atoms with Gasteiger partial charge >= 0.3 is 0 Å². The molecule has 0 aromatic heterocycles. The van der Waals surface area contributed by atoms with E-state index in [2.05, 4.69) is 4.72 Å². The van der Waals surface area contributed by atoms with E-state index in [1.54, 1.807) is 0 Å². The molecule has 1 heterocycles. The molecule has 1 aliphatic rings. The molecule has 0 amide bonds. The van der Waals surface area contributed by atoms with Crippen LogP contribution in [0.5, 0.6) is 0 Å². The van der Waals surface area contributed by atoms with E-state index in [4.69, 9.17) is 0 Å². The standard InChI is InChI=1S/C8H18N2O4S2/c1-15(11,12)9-7-8-5-3-4-6-10(8)16(2,13)14/h8-9H,3-7H2,1-2H3. The Hall–Kier alpha value is -0.180. The number of hydrogen-bond donors (Lipinski definition) is 1. The zero-order chi connectivity index (χ0) is 12.4. The van der Waals surface area contributed by atoms with Gasteiger partial charge in [0.05, 0.1) is 12.5 Å². The highest BCUT2D eigenvalue weighted by Crippen LogP contribution is 2.19. The van der Waals surface area contributed by atoms with Crippen LogP contribution in [0, 0.1) is 0 Å². The van der Waals surface area contributed by atoms with Crippen LogP contribution < -0.4 is 4.72 Å². The molecule has 6 nitrogen and oxygen atoms in total. The summed E-state index contributed by atoms with van der Waals surface area (Å²) in [7, 11) is -6.51. The van der Waals surface area contributed by atoms with Gasteiger partial charge in [0.25, 0.3) is 0 Å². The van der Waals surface area contributed by atoms with Crippen LogP contribution >= 0.6 is 0 Å². The second kappa shape index (κ2) is 4.99. The van der Waals surface area contributed by atoms with Crippen molar-refractivity contribution < 1.29 is 16.8 Å². The molecule has 1 saturated heterocycles. The Balaban J connectivity index is 2.69. The molecule has 96 valence electrons. The van der Waals surface area contributed by atoms with Gasteiger partial charge in [-0.2, -0.15) is 4.31 Å². The van der Waals surface area contributed by atoms with Crippen LogP contribution in [-0.4, -0.2) is 52.8 Å². The van der Waals surface area contributed by atoms with Crippen LogP contribution in [0.3, 0.4) is 0 Å². The lowest BCUT2D eigenvalue weighted by Gasteiger charge is -2.33. The maximum atomic E-state index is 11.5. The van der Waals surface area contributed by atoms with E-state index < -0.39 is 20.0 Å². The summed E-state index contributed by atoms with van der Waals surface area (Å²) in [5.41, 5.74) is 0. The molecule has 0 spiro atoms. The Bertz CT molecular complexity index is 429. The smallest absolute Gasteiger partial charge is 0.211 e. The first-order valence-electron chi connectivity index (χ1n) is 5.11. The Morgan fingerprint density at radius 1 is 1.19 bits per heavy atom. The molecule has 16 heavy (non-hydrogen) atoms. The van der Waals surface area contributed by atoms with E-state index in [-0.39, 0.29) is 12.6 Å². The summed E-state index contributed by atoms with van der Waals surface area (Å²) in [6.45, 7) is 0.640. The normalized spacial score (nSPS) is 24.5. The fourth-order valence-electron chi connectivity index (χ4n) is 1.86. The largest absolute Gasteiger partial charge is 0.214 e. The lowest BCUT2D eigenvalue weighted by Crippen LogP contribution is -2.48. The van der Waals surface area contributed by atoms with Crippen molar-refractivity contribution >= 4 is 20.0 Å². The molecule has 0 aromatic carbocycles. The van der Waals surface area contributed by atoms with Crippen LogP contribution in [0.2, 0.25) is 0 Å². The quantitative estimate of drug-likeness (QED) is 0.736. The van der Waals surface area contributed by atoms with E-state index in [1.807, 2.05) is 0 Å². The summed E-state index contributed by atoms with van der Waals surface area (Å²) >= 11 is 0. The molecule has 1 aliphatic heterocycles. The Morgan fingerprint density at radius 2 is 1.81 bits per heavy atom. The molecule has 0 aromatic rings. The molecular weight excluding hydrogens is 252 g/mol. The van der Waals surface area contributed by atoms with Gasteiger partial charge in [0, 0.05) is 19.1 Å². The first kappa shape index (κ1) is 13.9. The molecule has 8 heteroatoms. The molecule has 0 saturated carbocycles. The predicted molar refractivity (Wildman–Crippen MR) is 62.0 cm³/mol. The van der Waals surface area contributed by atoms with Crippen LogP contribution in [0.15, 0.2) is 0 Å². The summed E-state index contributed by atoms with van der Waals surface area (Å²) in [5.74, 6) is 0. The topological polar surface area (TPSA) is 83.6 Å². The second-order valence-electron chi connectivity index (χ2n) is 4.14. The first-order valence-corrected chi connectivity index (χ1v) is 8.85. The van der Waals surface area contributed by atoms with Gasteiger partial charge in [-0.3, -0.25) is 0 Å². The summed E-state index contributed by atoms with van der Waals surface area (Å²) in [6, 6.07) is -0.251. The molecule has 0 bridgehead atoms. The van der Waals surface area contributed by atoms with E-state index in [0.717, 1.165) is 25.4 Å². The Kier molecular flexibility index (Phi) is 4.33. The van der Waals surface area contributed by atoms with Crippen LogP contribution in [0.1, 0.15) is 19.3 Å². The second-order valence-corrected chi connectivity index (χ2v) is 7.91. The molecule has 1 atom stereocenters. The van der Waals surface area contributed by atoms with E-state index in [0.29, 0.717) is 13.0 Å². The number of hydrogen-bond acceptors (Lipinski definition) is 4.